The van der Waals surface area contributed by atoms with Gasteiger partial charge in [0.2, 0.25) is 0 Å². The maximum Gasteiger partial charge on any atom is 0.163 e. The molecule has 0 amide bonds. The Hall–Kier alpha value is -1.75. The second-order valence-electron chi connectivity index (χ2n) is 5.81. The van der Waals surface area contributed by atoms with Gasteiger partial charge in [0.05, 0.1) is 29.8 Å². The van der Waals surface area contributed by atoms with Crippen LogP contribution >= 0.6 is 0 Å². The Morgan fingerprint density at radius 3 is 2.70 bits per heavy atom. The quantitative estimate of drug-likeness (QED) is 0.837. The number of aromatic amines is 1. The average Bonchev–Trinajstić information content (AvgIpc) is 2.98. The molecule has 2 aliphatic heterocycles. The zero-order chi connectivity index (χ0) is 13.6. The lowest BCUT2D eigenvalue weighted by Gasteiger charge is -2.21. The highest BCUT2D eigenvalue weighted by Crippen LogP contribution is 2.35. The van der Waals surface area contributed by atoms with E-state index in [9.17, 15) is 0 Å². The maximum atomic E-state index is 5.73. The minimum absolute atomic E-state index is 0.0435. The summed E-state index contributed by atoms with van der Waals surface area (Å²) in [5, 5.41) is 3.53. The first kappa shape index (κ1) is 12.0. The summed E-state index contributed by atoms with van der Waals surface area (Å²) in [7, 11) is 0. The van der Waals surface area contributed by atoms with Crippen molar-refractivity contribution in [1.82, 2.24) is 15.3 Å². The number of imidazole rings is 1. The van der Waals surface area contributed by atoms with E-state index < -0.39 is 0 Å². The summed E-state index contributed by atoms with van der Waals surface area (Å²) in [5.74, 6) is 2.62. The molecule has 1 fully saturated rings. The summed E-state index contributed by atoms with van der Waals surface area (Å²) in [4.78, 5) is 8.19. The van der Waals surface area contributed by atoms with Crippen LogP contribution < -0.4 is 14.8 Å². The minimum atomic E-state index is -0.0435. The molecule has 20 heavy (non-hydrogen) atoms. The van der Waals surface area contributed by atoms with Crippen LogP contribution in [-0.2, 0) is 5.54 Å². The zero-order valence-corrected chi connectivity index (χ0v) is 11.7. The van der Waals surface area contributed by atoms with Crippen molar-refractivity contribution in [3.63, 3.8) is 0 Å². The van der Waals surface area contributed by atoms with Crippen LogP contribution in [0.3, 0.4) is 0 Å². The van der Waals surface area contributed by atoms with Crippen molar-refractivity contribution >= 4 is 11.0 Å². The van der Waals surface area contributed by atoms with E-state index in [4.69, 9.17) is 14.5 Å². The lowest BCUT2D eigenvalue weighted by Crippen LogP contribution is -2.34. The Morgan fingerprint density at radius 1 is 1.15 bits per heavy atom. The minimum Gasteiger partial charge on any atom is -0.489 e. The molecule has 106 valence electrons. The van der Waals surface area contributed by atoms with E-state index in [-0.39, 0.29) is 5.54 Å². The monoisotopic (exact) mass is 273 g/mol. The van der Waals surface area contributed by atoms with Gasteiger partial charge in [-0.05, 0) is 26.3 Å². The van der Waals surface area contributed by atoms with Gasteiger partial charge in [-0.1, -0.05) is 0 Å². The van der Waals surface area contributed by atoms with E-state index in [0.717, 1.165) is 47.7 Å². The van der Waals surface area contributed by atoms with Gasteiger partial charge in [-0.3, -0.25) is 0 Å². The lowest BCUT2D eigenvalue weighted by atomic mass is 10.00. The molecule has 0 saturated carbocycles. The fraction of sp³-hybridized carbons (Fsp3) is 0.533. The second kappa shape index (κ2) is 4.38. The van der Waals surface area contributed by atoms with E-state index in [1.54, 1.807) is 0 Å². The number of H-pyrrole nitrogens is 1. The summed E-state index contributed by atoms with van der Waals surface area (Å²) < 4.78 is 11.4. The number of nitrogens with one attached hydrogen (secondary N) is 2. The van der Waals surface area contributed by atoms with Gasteiger partial charge in [-0.2, -0.15) is 0 Å². The molecule has 2 aromatic rings. The van der Waals surface area contributed by atoms with E-state index in [2.05, 4.69) is 17.2 Å². The Labute approximate surface area is 117 Å². The molecule has 2 N–H and O–H groups in total. The molecule has 4 rings (SSSR count). The first-order valence-electron chi connectivity index (χ1n) is 7.29. The lowest BCUT2D eigenvalue weighted by molar-refractivity contribution is 0.297. The number of nitrogens with zero attached hydrogens (tertiary/aromatic N) is 1. The molecule has 1 aromatic heterocycles. The Balaban J connectivity index is 1.80. The standard InChI is InChI=1S/C15H19N3O2/c1-15(4-2-5-16-15)14-17-10-8-12-13(9-11(10)18-14)20-7-3-6-19-12/h8-9,16H,2-7H2,1H3,(H,17,18). The van der Waals surface area contributed by atoms with Crippen molar-refractivity contribution in [3.8, 4) is 11.5 Å². The molecule has 0 aliphatic carbocycles. The number of aromatic nitrogens is 2. The van der Waals surface area contributed by atoms with Crippen LogP contribution in [0.15, 0.2) is 12.1 Å². The summed E-state index contributed by atoms with van der Waals surface area (Å²) >= 11 is 0. The van der Waals surface area contributed by atoms with Crippen LogP contribution in [0.2, 0.25) is 0 Å². The van der Waals surface area contributed by atoms with Crippen molar-refractivity contribution in [1.29, 1.82) is 0 Å². The average molecular weight is 273 g/mol. The number of hydrogen-bond donors (Lipinski definition) is 2. The molecule has 0 radical (unpaired) electrons. The molecule has 5 heteroatoms. The van der Waals surface area contributed by atoms with Gasteiger partial charge in [0.15, 0.2) is 11.5 Å². The third kappa shape index (κ3) is 1.85. The summed E-state index contributed by atoms with van der Waals surface area (Å²) in [6.45, 7) is 4.67. The predicted molar refractivity (Wildman–Crippen MR) is 76.3 cm³/mol. The van der Waals surface area contributed by atoms with Gasteiger partial charge in [0.1, 0.15) is 5.82 Å². The fourth-order valence-electron chi connectivity index (χ4n) is 3.02. The van der Waals surface area contributed by atoms with Crippen molar-refractivity contribution in [2.45, 2.75) is 31.7 Å². The van der Waals surface area contributed by atoms with Crippen LogP contribution in [0.1, 0.15) is 32.0 Å². The third-order valence-electron chi connectivity index (χ3n) is 4.24. The number of fused-ring (bicyclic) bond motifs is 2. The molecule has 5 nitrogen and oxygen atoms in total. The summed E-state index contributed by atoms with van der Waals surface area (Å²) in [6.07, 6.45) is 3.22. The van der Waals surface area contributed by atoms with Gasteiger partial charge in [-0.15, -0.1) is 0 Å². The van der Waals surface area contributed by atoms with Crippen molar-refractivity contribution in [3.05, 3.63) is 18.0 Å². The van der Waals surface area contributed by atoms with Gasteiger partial charge >= 0.3 is 0 Å². The summed E-state index contributed by atoms with van der Waals surface area (Å²) in [6, 6.07) is 3.99. The molecular formula is C15H19N3O2. The molecule has 3 heterocycles. The van der Waals surface area contributed by atoms with E-state index in [1.807, 2.05) is 12.1 Å². The first-order valence-corrected chi connectivity index (χ1v) is 7.29. The largest absolute Gasteiger partial charge is 0.489 e. The van der Waals surface area contributed by atoms with Crippen LogP contribution in [-0.4, -0.2) is 29.7 Å². The van der Waals surface area contributed by atoms with Crippen molar-refractivity contribution in [2.75, 3.05) is 19.8 Å². The van der Waals surface area contributed by atoms with E-state index in [1.165, 1.54) is 6.42 Å². The number of hydrogen-bond acceptors (Lipinski definition) is 4. The zero-order valence-electron chi connectivity index (χ0n) is 11.7. The summed E-state index contributed by atoms with van der Waals surface area (Å²) in [5.41, 5.74) is 1.91. The van der Waals surface area contributed by atoms with Gasteiger partial charge in [0.25, 0.3) is 0 Å². The van der Waals surface area contributed by atoms with Crippen molar-refractivity contribution < 1.29 is 9.47 Å². The number of benzene rings is 1. The fourth-order valence-corrected chi connectivity index (χ4v) is 3.02. The SMILES string of the molecule is CC1(c2nc3cc4c(cc3[nH]2)OCCCO4)CCCN1. The second-order valence-corrected chi connectivity index (χ2v) is 5.81. The topological polar surface area (TPSA) is 59.2 Å². The van der Waals surface area contributed by atoms with Crippen LogP contribution in [0, 0.1) is 0 Å². The molecule has 0 bridgehead atoms. The Morgan fingerprint density at radius 2 is 1.95 bits per heavy atom. The molecule has 1 unspecified atom stereocenters. The Bertz CT molecular complexity index is 601. The highest BCUT2D eigenvalue weighted by molar-refractivity contribution is 5.80. The van der Waals surface area contributed by atoms with Crippen LogP contribution in [0.5, 0.6) is 11.5 Å². The van der Waals surface area contributed by atoms with Crippen molar-refractivity contribution in [2.24, 2.45) is 0 Å². The molecule has 1 saturated heterocycles. The molecular weight excluding hydrogens is 254 g/mol. The molecule has 1 aromatic carbocycles. The Kier molecular flexibility index (Phi) is 2.63. The van der Waals surface area contributed by atoms with Gasteiger partial charge < -0.3 is 19.8 Å². The molecule has 2 aliphatic rings. The van der Waals surface area contributed by atoms with E-state index >= 15 is 0 Å². The predicted octanol–water partition coefficient (Wildman–Crippen LogP) is 2.32. The third-order valence-corrected chi connectivity index (χ3v) is 4.24. The number of ether oxygens (including phenoxy) is 2. The maximum absolute atomic E-state index is 5.73. The van der Waals surface area contributed by atoms with Crippen LogP contribution in [0.4, 0.5) is 0 Å². The highest BCUT2D eigenvalue weighted by atomic mass is 16.5. The number of rotatable bonds is 1. The smallest absolute Gasteiger partial charge is 0.163 e. The van der Waals surface area contributed by atoms with E-state index in [0.29, 0.717) is 13.2 Å². The van der Waals surface area contributed by atoms with Gasteiger partial charge in [-0.25, -0.2) is 4.98 Å². The highest BCUT2D eigenvalue weighted by Gasteiger charge is 2.33. The molecule has 0 spiro atoms. The molecule has 1 atom stereocenters. The van der Waals surface area contributed by atoms with Crippen LogP contribution in [0.25, 0.3) is 11.0 Å². The normalized spacial score (nSPS) is 25.9. The van der Waals surface area contributed by atoms with Gasteiger partial charge in [0, 0.05) is 18.6 Å². The first-order chi connectivity index (χ1) is 9.74.